The molecule has 1 aromatic heterocycles. The number of benzene rings is 1. The molecule has 7 nitrogen and oxygen atoms in total. The van der Waals surface area contributed by atoms with Crippen LogP contribution in [0.1, 0.15) is 12.8 Å². The van der Waals surface area contributed by atoms with E-state index < -0.39 is 0 Å². The summed E-state index contributed by atoms with van der Waals surface area (Å²) in [7, 11) is 1.42. The van der Waals surface area contributed by atoms with E-state index in [0.717, 1.165) is 25.9 Å². The zero-order valence-electron chi connectivity index (χ0n) is 12.4. The average Bonchev–Trinajstić information content (AvgIpc) is 2.57. The lowest BCUT2D eigenvalue weighted by Gasteiger charge is -2.30. The lowest BCUT2D eigenvalue weighted by Crippen LogP contribution is -2.40. The van der Waals surface area contributed by atoms with Gasteiger partial charge in [0.25, 0.3) is 5.56 Å². The summed E-state index contributed by atoms with van der Waals surface area (Å²) in [4.78, 5) is 26.0. The molecule has 0 saturated carbocycles. The first-order valence-electron chi connectivity index (χ1n) is 7.32. The summed E-state index contributed by atoms with van der Waals surface area (Å²) in [5.74, 6) is -0.192. The van der Waals surface area contributed by atoms with Gasteiger partial charge in [-0.2, -0.15) is 4.68 Å². The first-order chi connectivity index (χ1) is 10.7. The lowest BCUT2D eigenvalue weighted by atomic mass is 9.97. The molecule has 1 aromatic carbocycles. The Morgan fingerprint density at radius 1 is 1.32 bits per heavy atom. The monoisotopic (exact) mass is 302 g/mol. The van der Waals surface area contributed by atoms with Crippen molar-refractivity contribution in [1.82, 2.24) is 19.9 Å². The Kier molecular flexibility index (Phi) is 4.15. The first-order valence-corrected chi connectivity index (χ1v) is 7.32. The third-order valence-electron chi connectivity index (χ3n) is 4.09. The second-order valence-corrected chi connectivity index (χ2v) is 5.47. The van der Waals surface area contributed by atoms with Crippen LogP contribution in [-0.2, 0) is 16.2 Å². The van der Waals surface area contributed by atoms with Crippen LogP contribution < -0.4 is 5.56 Å². The summed E-state index contributed by atoms with van der Waals surface area (Å²) in [6, 6.07) is 7.18. The third-order valence-corrected chi connectivity index (χ3v) is 4.09. The fraction of sp³-hybridized carbons (Fsp3) is 0.467. The molecule has 2 heterocycles. The Bertz CT molecular complexity index is 735. The van der Waals surface area contributed by atoms with Gasteiger partial charge in [0.15, 0.2) is 0 Å². The first kappa shape index (κ1) is 14.6. The number of hydrogen-bond acceptors (Lipinski definition) is 6. The SMILES string of the molecule is COC(=O)C1CCN(Cn2nnc3ccccc3c2=O)CC1. The van der Waals surface area contributed by atoms with Gasteiger partial charge in [-0.15, -0.1) is 5.10 Å². The Labute approximate surface area is 127 Å². The third kappa shape index (κ3) is 2.85. The van der Waals surface area contributed by atoms with Gasteiger partial charge in [0.2, 0.25) is 0 Å². The molecule has 3 rings (SSSR count). The molecule has 116 valence electrons. The minimum absolute atomic E-state index is 0.0411. The molecule has 0 aliphatic carbocycles. The Hall–Kier alpha value is -2.28. The standard InChI is InChI=1S/C15H18N4O3/c1-22-15(21)11-6-8-18(9-7-11)10-19-14(20)12-4-2-3-5-13(12)16-17-19/h2-5,11H,6-10H2,1H3. The molecule has 0 spiro atoms. The normalized spacial score (nSPS) is 16.8. The zero-order chi connectivity index (χ0) is 15.5. The number of rotatable bonds is 3. The van der Waals surface area contributed by atoms with Crippen molar-refractivity contribution >= 4 is 16.9 Å². The van der Waals surface area contributed by atoms with Crippen LogP contribution in [0.25, 0.3) is 10.9 Å². The van der Waals surface area contributed by atoms with Crippen molar-refractivity contribution in [1.29, 1.82) is 0 Å². The summed E-state index contributed by atoms with van der Waals surface area (Å²) < 4.78 is 6.15. The van der Waals surface area contributed by atoms with Crippen LogP contribution in [0.4, 0.5) is 0 Å². The summed E-state index contributed by atoms with van der Waals surface area (Å²) >= 11 is 0. The van der Waals surface area contributed by atoms with E-state index in [4.69, 9.17) is 4.74 Å². The van der Waals surface area contributed by atoms with Gasteiger partial charge in [-0.25, -0.2) is 0 Å². The molecule has 0 amide bonds. The number of esters is 1. The average molecular weight is 302 g/mol. The number of aromatic nitrogens is 3. The number of hydrogen-bond donors (Lipinski definition) is 0. The van der Waals surface area contributed by atoms with E-state index in [0.29, 0.717) is 17.6 Å². The fourth-order valence-electron chi connectivity index (χ4n) is 2.78. The maximum absolute atomic E-state index is 12.4. The van der Waals surface area contributed by atoms with Crippen LogP contribution in [0.3, 0.4) is 0 Å². The highest BCUT2D eigenvalue weighted by Crippen LogP contribution is 2.18. The van der Waals surface area contributed by atoms with Crippen molar-refractivity contribution in [3.05, 3.63) is 34.6 Å². The number of carbonyl (C=O) groups excluding carboxylic acids is 1. The van der Waals surface area contributed by atoms with Gasteiger partial charge in [0, 0.05) is 13.1 Å². The van der Waals surface area contributed by atoms with Crippen molar-refractivity contribution in [3.8, 4) is 0 Å². The van der Waals surface area contributed by atoms with E-state index in [1.807, 2.05) is 12.1 Å². The highest BCUT2D eigenvalue weighted by Gasteiger charge is 2.25. The van der Waals surface area contributed by atoms with E-state index in [2.05, 4.69) is 15.2 Å². The van der Waals surface area contributed by atoms with Crippen LogP contribution in [0.2, 0.25) is 0 Å². The molecule has 2 aromatic rings. The minimum Gasteiger partial charge on any atom is -0.469 e. The van der Waals surface area contributed by atoms with Crippen molar-refractivity contribution < 1.29 is 9.53 Å². The van der Waals surface area contributed by atoms with Gasteiger partial charge in [0.1, 0.15) is 5.52 Å². The van der Waals surface area contributed by atoms with Gasteiger partial charge in [-0.1, -0.05) is 17.3 Å². The molecule has 0 bridgehead atoms. The zero-order valence-corrected chi connectivity index (χ0v) is 12.4. The van der Waals surface area contributed by atoms with Gasteiger partial charge in [-0.3, -0.25) is 14.5 Å². The van der Waals surface area contributed by atoms with Crippen LogP contribution in [0.15, 0.2) is 29.1 Å². The second-order valence-electron chi connectivity index (χ2n) is 5.47. The fourth-order valence-corrected chi connectivity index (χ4v) is 2.78. The van der Waals surface area contributed by atoms with E-state index >= 15 is 0 Å². The van der Waals surface area contributed by atoms with E-state index in [-0.39, 0.29) is 17.4 Å². The molecule has 1 saturated heterocycles. The summed E-state index contributed by atoms with van der Waals surface area (Å²) in [6.07, 6.45) is 1.48. The molecule has 1 aliphatic rings. The number of piperidine rings is 1. The van der Waals surface area contributed by atoms with Gasteiger partial charge >= 0.3 is 5.97 Å². The molecule has 7 heteroatoms. The molecule has 0 N–H and O–H groups in total. The minimum atomic E-state index is -0.151. The molecular formula is C15H18N4O3. The van der Waals surface area contributed by atoms with Gasteiger partial charge in [-0.05, 0) is 25.0 Å². The predicted octanol–water partition coefficient (Wildman–Crippen LogP) is 0.634. The number of ether oxygens (including phenoxy) is 1. The number of nitrogens with zero attached hydrogens (tertiary/aromatic N) is 4. The molecule has 0 atom stereocenters. The molecule has 1 aliphatic heterocycles. The van der Waals surface area contributed by atoms with Crippen LogP contribution >= 0.6 is 0 Å². The number of fused-ring (bicyclic) bond motifs is 1. The summed E-state index contributed by atoms with van der Waals surface area (Å²) in [5.41, 5.74) is 0.467. The highest BCUT2D eigenvalue weighted by molar-refractivity contribution is 5.76. The van der Waals surface area contributed by atoms with Crippen molar-refractivity contribution in [2.45, 2.75) is 19.5 Å². The number of likely N-dealkylation sites (tertiary alicyclic amines) is 1. The Morgan fingerprint density at radius 2 is 2.05 bits per heavy atom. The maximum atomic E-state index is 12.4. The lowest BCUT2D eigenvalue weighted by molar-refractivity contribution is -0.147. The van der Waals surface area contributed by atoms with Crippen LogP contribution in [0, 0.1) is 5.92 Å². The van der Waals surface area contributed by atoms with Crippen molar-refractivity contribution in [2.75, 3.05) is 20.2 Å². The largest absolute Gasteiger partial charge is 0.469 e. The van der Waals surface area contributed by atoms with Crippen molar-refractivity contribution in [3.63, 3.8) is 0 Å². The van der Waals surface area contributed by atoms with Crippen LogP contribution in [-0.4, -0.2) is 46.1 Å². The molecule has 1 fully saturated rings. The van der Waals surface area contributed by atoms with Gasteiger partial charge in [0.05, 0.1) is 25.1 Å². The second kappa shape index (κ2) is 6.23. The Morgan fingerprint density at radius 3 is 2.77 bits per heavy atom. The van der Waals surface area contributed by atoms with E-state index in [1.165, 1.54) is 11.8 Å². The Balaban J connectivity index is 1.71. The number of methoxy groups -OCH3 is 1. The predicted molar refractivity (Wildman–Crippen MR) is 80.1 cm³/mol. The summed E-state index contributed by atoms with van der Waals surface area (Å²) in [6.45, 7) is 1.87. The molecule has 0 unspecified atom stereocenters. The molecule has 22 heavy (non-hydrogen) atoms. The van der Waals surface area contributed by atoms with E-state index in [1.54, 1.807) is 12.1 Å². The van der Waals surface area contributed by atoms with Crippen molar-refractivity contribution in [2.24, 2.45) is 5.92 Å². The topological polar surface area (TPSA) is 77.3 Å². The highest BCUT2D eigenvalue weighted by atomic mass is 16.5. The van der Waals surface area contributed by atoms with E-state index in [9.17, 15) is 9.59 Å². The number of carbonyl (C=O) groups is 1. The quantitative estimate of drug-likeness (QED) is 0.774. The molecule has 0 radical (unpaired) electrons. The van der Waals surface area contributed by atoms with Crippen LogP contribution in [0.5, 0.6) is 0 Å². The molecular weight excluding hydrogens is 284 g/mol. The smallest absolute Gasteiger partial charge is 0.308 e. The van der Waals surface area contributed by atoms with Gasteiger partial charge < -0.3 is 4.74 Å². The maximum Gasteiger partial charge on any atom is 0.308 e. The summed E-state index contributed by atoms with van der Waals surface area (Å²) in [5, 5.41) is 8.64.